The smallest absolute Gasteiger partial charge is 0.240 e. The maximum atomic E-state index is 12.8. The van der Waals surface area contributed by atoms with E-state index >= 15 is 0 Å². The molecule has 1 aromatic heterocycles. The number of thioether (sulfide) groups is 1. The van der Waals surface area contributed by atoms with E-state index in [1.54, 1.807) is 4.90 Å². The number of para-hydroxylation sites is 2. The van der Waals surface area contributed by atoms with Crippen molar-refractivity contribution in [1.29, 1.82) is 0 Å². The molecule has 0 aliphatic carbocycles. The number of rotatable bonds is 7. The van der Waals surface area contributed by atoms with E-state index in [-0.39, 0.29) is 18.4 Å². The Balaban J connectivity index is 1.75. The second kappa shape index (κ2) is 9.10. The zero-order valence-corrected chi connectivity index (χ0v) is 16.7. The van der Waals surface area contributed by atoms with Crippen molar-refractivity contribution in [1.82, 2.24) is 14.8 Å². The third-order valence-electron chi connectivity index (χ3n) is 4.73. The number of aromatic nitrogens is 1. The first-order chi connectivity index (χ1) is 13.1. The quantitative estimate of drug-likeness (QED) is 0.794. The van der Waals surface area contributed by atoms with E-state index in [0.29, 0.717) is 12.3 Å². The Morgan fingerprint density at radius 3 is 2.63 bits per heavy atom. The van der Waals surface area contributed by atoms with Gasteiger partial charge in [-0.1, -0.05) is 37.7 Å². The number of benzene rings is 1. The molecule has 2 amide bonds. The average molecular weight is 387 g/mol. The summed E-state index contributed by atoms with van der Waals surface area (Å²) in [6.45, 7) is 7.56. The zero-order valence-electron chi connectivity index (χ0n) is 15.9. The minimum atomic E-state index is -0.136. The van der Waals surface area contributed by atoms with E-state index in [2.05, 4.69) is 28.6 Å². The van der Waals surface area contributed by atoms with Crippen molar-refractivity contribution in [3.8, 4) is 5.69 Å². The molecule has 0 unspecified atom stereocenters. The van der Waals surface area contributed by atoms with E-state index in [1.807, 2.05) is 42.6 Å². The third kappa shape index (κ3) is 4.54. The standard InChI is InChI=1S/C20H26N4O2S/c1-3-22(4-2)13-11-21-18(25)14-24-17-9-6-5-8-16(17)23-12-7-10-20(23)27-15-19(24)26/h5-10,12H,3-4,11,13-15H2,1-2H3,(H,21,25). The van der Waals surface area contributed by atoms with Gasteiger partial charge in [-0.05, 0) is 37.4 Å². The van der Waals surface area contributed by atoms with Gasteiger partial charge in [0.05, 0.1) is 22.2 Å². The number of nitrogens with one attached hydrogen (secondary N) is 1. The van der Waals surface area contributed by atoms with Crippen LogP contribution in [0.15, 0.2) is 47.6 Å². The zero-order chi connectivity index (χ0) is 19.2. The molecule has 1 aliphatic heterocycles. The van der Waals surface area contributed by atoms with Crippen LogP contribution in [0.3, 0.4) is 0 Å². The predicted molar refractivity (Wildman–Crippen MR) is 110 cm³/mol. The number of nitrogens with zero attached hydrogens (tertiary/aromatic N) is 3. The summed E-state index contributed by atoms with van der Waals surface area (Å²) in [7, 11) is 0. The molecule has 144 valence electrons. The summed E-state index contributed by atoms with van der Waals surface area (Å²) in [6.07, 6.45) is 1.99. The van der Waals surface area contributed by atoms with Gasteiger partial charge < -0.3 is 19.7 Å². The molecule has 1 aliphatic rings. The van der Waals surface area contributed by atoms with Crippen molar-refractivity contribution in [2.75, 3.05) is 43.4 Å². The Bertz CT molecular complexity index is 801. The first-order valence-electron chi connectivity index (χ1n) is 9.33. The number of fused-ring (bicyclic) bond motifs is 3. The Hall–Kier alpha value is -2.25. The van der Waals surface area contributed by atoms with Crippen LogP contribution in [-0.2, 0) is 9.59 Å². The van der Waals surface area contributed by atoms with Crippen LogP contribution >= 0.6 is 11.8 Å². The van der Waals surface area contributed by atoms with Gasteiger partial charge in [0.15, 0.2) is 0 Å². The second-order valence-corrected chi connectivity index (χ2v) is 7.35. The van der Waals surface area contributed by atoms with E-state index in [4.69, 9.17) is 0 Å². The maximum absolute atomic E-state index is 12.8. The van der Waals surface area contributed by atoms with Gasteiger partial charge in [0.25, 0.3) is 0 Å². The summed E-state index contributed by atoms with van der Waals surface area (Å²) < 4.78 is 2.07. The highest BCUT2D eigenvalue weighted by Crippen LogP contribution is 2.32. The molecule has 2 heterocycles. The van der Waals surface area contributed by atoms with E-state index in [1.165, 1.54) is 11.8 Å². The molecule has 6 nitrogen and oxygen atoms in total. The molecule has 0 radical (unpaired) electrons. The molecule has 7 heteroatoms. The Labute approximate surface area is 164 Å². The molecule has 0 saturated heterocycles. The number of carbonyl (C=O) groups is 2. The summed E-state index contributed by atoms with van der Waals surface area (Å²) in [5.41, 5.74) is 1.67. The van der Waals surface area contributed by atoms with Crippen LogP contribution in [0, 0.1) is 0 Å². The summed E-state index contributed by atoms with van der Waals surface area (Å²) in [5.74, 6) is 0.118. The van der Waals surface area contributed by atoms with Gasteiger partial charge in [-0.15, -0.1) is 0 Å². The van der Waals surface area contributed by atoms with Crippen molar-refractivity contribution < 1.29 is 9.59 Å². The second-order valence-electron chi connectivity index (χ2n) is 6.35. The molecule has 0 atom stereocenters. The fourth-order valence-corrected chi connectivity index (χ4v) is 4.09. The van der Waals surface area contributed by atoms with E-state index in [0.717, 1.165) is 36.0 Å². The summed E-state index contributed by atoms with van der Waals surface area (Å²) in [4.78, 5) is 29.1. The van der Waals surface area contributed by atoms with Crippen molar-refractivity contribution in [2.45, 2.75) is 18.9 Å². The van der Waals surface area contributed by atoms with E-state index in [9.17, 15) is 9.59 Å². The number of hydrogen-bond acceptors (Lipinski definition) is 4. The maximum Gasteiger partial charge on any atom is 0.240 e. The lowest BCUT2D eigenvalue weighted by molar-refractivity contribution is -0.122. The fraction of sp³-hybridized carbons (Fsp3) is 0.400. The SMILES string of the molecule is CCN(CC)CCNC(=O)CN1C(=O)CSc2cccn2-c2ccccc21. The first kappa shape index (κ1) is 19.5. The van der Waals surface area contributed by atoms with Crippen molar-refractivity contribution in [3.05, 3.63) is 42.6 Å². The molecule has 2 aromatic rings. The molecule has 0 saturated carbocycles. The summed E-state index contributed by atoms with van der Waals surface area (Å²) >= 11 is 1.49. The van der Waals surface area contributed by atoms with Crippen LogP contribution in [0.2, 0.25) is 0 Å². The van der Waals surface area contributed by atoms with Crippen LogP contribution in [-0.4, -0.2) is 59.8 Å². The molecule has 1 aromatic carbocycles. The van der Waals surface area contributed by atoms with Gasteiger partial charge >= 0.3 is 0 Å². The topological polar surface area (TPSA) is 57.6 Å². The Kier molecular flexibility index (Phi) is 6.58. The number of anilines is 1. The highest BCUT2D eigenvalue weighted by atomic mass is 32.2. The van der Waals surface area contributed by atoms with Crippen molar-refractivity contribution >= 4 is 29.3 Å². The van der Waals surface area contributed by atoms with Crippen LogP contribution in [0.1, 0.15) is 13.8 Å². The molecule has 0 fully saturated rings. The predicted octanol–water partition coefficient (Wildman–Crippen LogP) is 2.37. The van der Waals surface area contributed by atoms with Crippen molar-refractivity contribution in [3.63, 3.8) is 0 Å². The van der Waals surface area contributed by atoms with E-state index < -0.39 is 0 Å². The lowest BCUT2D eigenvalue weighted by Crippen LogP contribution is -2.44. The normalized spacial score (nSPS) is 13.7. The minimum Gasteiger partial charge on any atom is -0.353 e. The lowest BCUT2D eigenvalue weighted by Gasteiger charge is -2.28. The average Bonchev–Trinajstić information content (AvgIpc) is 3.15. The molecule has 27 heavy (non-hydrogen) atoms. The molecular formula is C20H26N4O2S. The van der Waals surface area contributed by atoms with Gasteiger partial charge in [0.2, 0.25) is 11.8 Å². The summed E-state index contributed by atoms with van der Waals surface area (Å²) in [6, 6.07) is 11.7. The van der Waals surface area contributed by atoms with Gasteiger partial charge in [0, 0.05) is 19.3 Å². The van der Waals surface area contributed by atoms with Crippen LogP contribution in [0.5, 0.6) is 0 Å². The number of amides is 2. The number of hydrogen-bond donors (Lipinski definition) is 1. The molecular weight excluding hydrogens is 360 g/mol. The largest absolute Gasteiger partial charge is 0.353 e. The molecule has 3 rings (SSSR count). The Morgan fingerprint density at radius 2 is 1.89 bits per heavy atom. The number of carbonyl (C=O) groups excluding carboxylic acids is 2. The highest BCUT2D eigenvalue weighted by molar-refractivity contribution is 7.99. The monoisotopic (exact) mass is 386 g/mol. The van der Waals surface area contributed by atoms with Gasteiger partial charge in [-0.2, -0.15) is 0 Å². The van der Waals surface area contributed by atoms with Crippen LogP contribution in [0.4, 0.5) is 5.69 Å². The molecule has 0 bridgehead atoms. The van der Waals surface area contributed by atoms with Gasteiger partial charge in [-0.25, -0.2) is 0 Å². The third-order valence-corrected chi connectivity index (χ3v) is 5.75. The minimum absolute atomic E-state index is 0.0330. The van der Waals surface area contributed by atoms with Gasteiger partial charge in [0.1, 0.15) is 6.54 Å². The highest BCUT2D eigenvalue weighted by Gasteiger charge is 2.25. The van der Waals surface area contributed by atoms with Crippen molar-refractivity contribution in [2.24, 2.45) is 0 Å². The van der Waals surface area contributed by atoms with Crippen LogP contribution < -0.4 is 10.2 Å². The van der Waals surface area contributed by atoms with Gasteiger partial charge in [-0.3, -0.25) is 9.59 Å². The Morgan fingerprint density at radius 1 is 1.15 bits per heavy atom. The number of likely N-dealkylation sites (N-methyl/N-ethyl adjacent to an activating group) is 1. The molecule has 1 N–H and O–H groups in total. The lowest BCUT2D eigenvalue weighted by atomic mass is 10.2. The fourth-order valence-electron chi connectivity index (χ4n) is 3.19. The summed E-state index contributed by atoms with van der Waals surface area (Å²) in [5, 5.41) is 3.97. The van der Waals surface area contributed by atoms with Crippen LogP contribution in [0.25, 0.3) is 5.69 Å². The first-order valence-corrected chi connectivity index (χ1v) is 10.3. The molecule has 0 spiro atoms.